The number of hydrogen-bond donors (Lipinski definition) is 2. The average Bonchev–Trinajstić information content (AvgIpc) is 3.38. The minimum Gasteiger partial charge on any atom is -0.331 e. The van der Waals surface area contributed by atoms with E-state index in [0.29, 0.717) is 24.3 Å². The number of fused-ring (bicyclic) bond motifs is 3. The number of nitrogens with zero attached hydrogens (tertiary/aromatic N) is 3. The maximum absolute atomic E-state index is 12.7. The number of aryl methyl sites for hydroxylation is 1. The number of aromatic nitrogens is 2. The van der Waals surface area contributed by atoms with Crippen molar-refractivity contribution in [3.05, 3.63) is 64.7 Å². The highest BCUT2D eigenvalue weighted by Gasteiger charge is 2.37. The molecule has 2 heterocycles. The molecule has 164 valence electrons. The molecule has 1 saturated heterocycles. The highest BCUT2D eigenvalue weighted by Crippen LogP contribution is 2.41. The van der Waals surface area contributed by atoms with Gasteiger partial charge in [-0.2, -0.15) is 0 Å². The van der Waals surface area contributed by atoms with Crippen molar-refractivity contribution in [3.8, 4) is 11.1 Å². The average molecular weight is 449 g/mol. The number of rotatable bonds is 5. The summed E-state index contributed by atoms with van der Waals surface area (Å²) in [5.41, 5.74) is 5.42. The molecule has 2 aromatic carbocycles. The fourth-order valence-electron chi connectivity index (χ4n) is 4.83. The van der Waals surface area contributed by atoms with Gasteiger partial charge in [0.05, 0.1) is 26.2 Å². The van der Waals surface area contributed by atoms with Crippen molar-refractivity contribution < 1.29 is 14.5 Å². The lowest BCUT2D eigenvalue weighted by atomic mass is 10.0. The summed E-state index contributed by atoms with van der Waals surface area (Å²) in [5, 5.41) is 11.8. The number of piperazine rings is 1. The van der Waals surface area contributed by atoms with Gasteiger partial charge >= 0.3 is 0 Å². The van der Waals surface area contributed by atoms with E-state index in [0.717, 1.165) is 18.1 Å². The molecule has 3 aromatic rings. The topological polar surface area (TPSA) is 79.6 Å². The fraction of sp³-hybridized carbons (Fsp3) is 0.333. The molecule has 1 aliphatic heterocycles. The van der Waals surface area contributed by atoms with Crippen LogP contribution < -0.4 is 10.2 Å². The molecule has 2 aliphatic rings. The Morgan fingerprint density at radius 1 is 1.00 bits per heavy atom. The normalized spacial score (nSPS) is 16.0. The van der Waals surface area contributed by atoms with Gasteiger partial charge in [-0.1, -0.05) is 59.9 Å². The van der Waals surface area contributed by atoms with Crippen LogP contribution in [0.25, 0.3) is 11.1 Å². The van der Waals surface area contributed by atoms with Gasteiger partial charge in [-0.05, 0) is 18.1 Å². The number of carbonyl (C=O) groups is 2. The SMILES string of the molecule is Cc1nnc(NC(=O)CCC(=O)N2CC[NH+](C3c4ccccc4-c4ccccc43)CC2)s1. The Bertz CT molecular complexity index is 1110. The Morgan fingerprint density at radius 3 is 2.22 bits per heavy atom. The van der Waals surface area contributed by atoms with Crippen LogP contribution in [0.5, 0.6) is 0 Å². The van der Waals surface area contributed by atoms with Crippen LogP contribution in [0.1, 0.15) is 35.0 Å². The van der Waals surface area contributed by atoms with Crippen LogP contribution in [-0.4, -0.2) is 53.1 Å². The molecular weight excluding hydrogens is 422 g/mol. The zero-order valence-electron chi connectivity index (χ0n) is 18.0. The zero-order chi connectivity index (χ0) is 22.1. The smallest absolute Gasteiger partial charge is 0.226 e. The molecule has 0 spiro atoms. The lowest BCUT2D eigenvalue weighted by molar-refractivity contribution is -0.929. The van der Waals surface area contributed by atoms with Gasteiger partial charge in [0.1, 0.15) is 11.0 Å². The molecule has 0 bridgehead atoms. The van der Waals surface area contributed by atoms with Crippen LogP contribution in [0.15, 0.2) is 48.5 Å². The Hall–Kier alpha value is -3.10. The molecule has 1 aromatic heterocycles. The molecule has 0 unspecified atom stereocenters. The van der Waals surface area contributed by atoms with Gasteiger partial charge in [0.15, 0.2) is 0 Å². The molecule has 2 N–H and O–H groups in total. The maximum Gasteiger partial charge on any atom is 0.226 e. The first-order valence-electron chi connectivity index (χ1n) is 11.0. The van der Waals surface area contributed by atoms with Crippen molar-refractivity contribution in [2.75, 3.05) is 31.5 Å². The van der Waals surface area contributed by atoms with Crippen LogP contribution >= 0.6 is 11.3 Å². The second kappa shape index (κ2) is 8.80. The third kappa shape index (κ3) is 4.03. The number of hydrogen-bond acceptors (Lipinski definition) is 5. The molecule has 0 radical (unpaired) electrons. The van der Waals surface area contributed by atoms with Crippen molar-refractivity contribution in [3.63, 3.8) is 0 Å². The molecule has 7 nitrogen and oxygen atoms in total. The summed E-state index contributed by atoms with van der Waals surface area (Å²) in [7, 11) is 0. The molecule has 1 fully saturated rings. The number of benzene rings is 2. The van der Waals surface area contributed by atoms with Crippen LogP contribution in [-0.2, 0) is 9.59 Å². The first-order chi connectivity index (χ1) is 15.6. The van der Waals surface area contributed by atoms with Gasteiger partial charge < -0.3 is 15.1 Å². The van der Waals surface area contributed by atoms with Gasteiger partial charge in [0, 0.05) is 24.0 Å². The minimum absolute atomic E-state index is 0.0415. The number of quaternary nitrogens is 1. The lowest BCUT2D eigenvalue weighted by Gasteiger charge is -2.36. The second-order valence-electron chi connectivity index (χ2n) is 8.32. The summed E-state index contributed by atoms with van der Waals surface area (Å²) >= 11 is 1.33. The number of anilines is 1. The Balaban J connectivity index is 1.18. The summed E-state index contributed by atoms with van der Waals surface area (Å²) in [6.07, 6.45) is 0.377. The molecular formula is C24H26N5O2S+. The Kier molecular flexibility index (Phi) is 5.71. The number of nitrogens with one attached hydrogen (secondary N) is 2. The summed E-state index contributed by atoms with van der Waals surface area (Å²) in [5.74, 6) is -0.155. The van der Waals surface area contributed by atoms with Crippen molar-refractivity contribution in [1.82, 2.24) is 15.1 Å². The van der Waals surface area contributed by atoms with E-state index < -0.39 is 0 Å². The van der Waals surface area contributed by atoms with Gasteiger partial charge in [-0.25, -0.2) is 0 Å². The zero-order valence-corrected chi connectivity index (χ0v) is 18.8. The molecule has 5 rings (SSSR count). The van der Waals surface area contributed by atoms with Crippen LogP contribution in [0, 0.1) is 6.92 Å². The summed E-state index contributed by atoms with van der Waals surface area (Å²) < 4.78 is 0. The predicted octanol–water partition coefficient (Wildman–Crippen LogP) is 2.06. The monoisotopic (exact) mass is 448 g/mol. The first-order valence-corrected chi connectivity index (χ1v) is 11.8. The Labute approximate surface area is 191 Å². The Morgan fingerprint density at radius 2 is 1.62 bits per heavy atom. The molecule has 2 amide bonds. The maximum atomic E-state index is 12.7. The lowest BCUT2D eigenvalue weighted by Crippen LogP contribution is -3.15. The third-order valence-corrected chi connectivity index (χ3v) is 7.09. The summed E-state index contributed by atoms with van der Waals surface area (Å²) in [6, 6.07) is 17.7. The second-order valence-corrected chi connectivity index (χ2v) is 9.50. The van der Waals surface area contributed by atoms with Gasteiger partial charge in [0.25, 0.3) is 0 Å². The fourth-order valence-corrected chi connectivity index (χ4v) is 5.44. The largest absolute Gasteiger partial charge is 0.331 e. The first kappa shape index (κ1) is 20.8. The van der Waals surface area contributed by atoms with E-state index in [1.54, 1.807) is 0 Å². The van der Waals surface area contributed by atoms with Gasteiger partial charge in [-0.3, -0.25) is 9.59 Å². The van der Waals surface area contributed by atoms with E-state index in [4.69, 9.17) is 0 Å². The van der Waals surface area contributed by atoms with Crippen LogP contribution in [0.3, 0.4) is 0 Å². The van der Waals surface area contributed by atoms with Crippen molar-refractivity contribution >= 4 is 28.3 Å². The van der Waals surface area contributed by atoms with E-state index in [2.05, 4.69) is 64.0 Å². The molecule has 8 heteroatoms. The van der Waals surface area contributed by atoms with E-state index >= 15 is 0 Å². The van der Waals surface area contributed by atoms with E-state index in [1.807, 2.05) is 11.8 Å². The van der Waals surface area contributed by atoms with E-state index in [-0.39, 0.29) is 24.7 Å². The molecule has 1 aliphatic carbocycles. The minimum atomic E-state index is -0.196. The van der Waals surface area contributed by atoms with E-state index in [9.17, 15) is 9.59 Å². The van der Waals surface area contributed by atoms with Crippen molar-refractivity contribution in [2.24, 2.45) is 0 Å². The molecule has 0 atom stereocenters. The highest BCUT2D eigenvalue weighted by molar-refractivity contribution is 7.15. The third-order valence-electron chi connectivity index (χ3n) is 6.34. The van der Waals surface area contributed by atoms with Gasteiger partial charge in [0.2, 0.25) is 16.9 Å². The standard InChI is InChI=1S/C24H25N5O2S/c1-16-26-27-24(32-16)25-21(30)10-11-22(31)28-12-14-29(15-13-28)23-19-8-4-2-6-17(19)18-7-3-5-9-20(18)23/h2-9,23H,10-15H2,1H3,(H,25,27,30)/p+1. The summed E-state index contributed by atoms with van der Waals surface area (Å²) in [6.45, 7) is 5.06. The van der Waals surface area contributed by atoms with Crippen molar-refractivity contribution in [1.29, 1.82) is 0 Å². The highest BCUT2D eigenvalue weighted by atomic mass is 32.1. The van der Waals surface area contributed by atoms with Crippen molar-refractivity contribution in [2.45, 2.75) is 25.8 Å². The summed E-state index contributed by atoms with van der Waals surface area (Å²) in [4.78, 5) is 28.2. The molecule has 32 heavy (non-hydrogen) atoms. The quantitative estimate of drug-likeness (QED) is 0.626. The van der Waals surface area contributed by atoms with Crippen LogP contribution in [0.2, 0.25) is 0 Å². The molecule has 0 saturated carbocycles. The van der Waals surface area contributed by atoms with Gasteiger partial charge in [-0.15, -0.1) is 10.2 Å². The number of amides is 2. The van der Waals surface area contributed by atoms with Crippen LogP contribution in [0.4, 0.5) is 5.13 Å². The van der Waals surface area contributed by atoms with E-state index in [1.165, 1.54) is 38.5 Å². The predicted molar refractivity (Wildman–Crippen MR) is 124 cm³/mol. The number of carbonyl (C=O) groups excluding carboxylic acids is 2.